The zero-order chi connectivity index (χ0) is 15.7. The molecule has 0 bridgehead atoms. The third-order valence-electron chi connectivity index (χ3n) is 3.05. The van der Waals surface area contributed by atoms with Crippen molar-refractivity contribution in [2.24, 2.45) is 5.73 Å². The Kier molecular flexibility index (Phi) is 7.64. The van der Waals surface area contributed by atoms with Crippen LogP contribution < -0.4 is 10.5 Å². The predicted octanol–water partition coefficient (Wildman–Crippen LogP) is 1.27. The number of carbonyl (C=O) groups is 1. The maximum Gasteiger partial charge on any atom is 0.301 e. The van der Waals surface area contributed by atoms with Gasteiger partial charge in [0, 0.05) is 0 Å². The summed E-state index contributed by atoms with van der Waals surface area (Å²) < 4.78 is 10.4. The van der Waals surface area contributed by atoms with E-state index in [1.165, 1.54) is 6.07 Å². The van der Waals surface area contributed by atoms with Crippen molar-refractivity contribution < 1.29 is 24.4 Å². The highest BCUT2D eigenvalue weighted by atomic mass is 16.5. The Hall–Kier alpha value is -1.73. The van der Waals surface area contributed by atoms with Crippen LogP contribution in [0.25, 0.3) is 0 Å². The van der Waals surface area contributed by atoms with E-state index in [4.69, 9.17) is 20.2 Å². The summed E-state index contributed by atoms with van der Waals surface area (Å²) in [6.45, 7) is 2.59. The number of unbranched alkanes of at least 4 members (excludes halogenated alkanes) is 1. The van der Waals surface area contributed by atoms with Crippen LogP contribution in [0, 0.1) is 0 Å². The molecule has 0 heterocycles. The second kappa shape index (κ2) is 9.25. The Bertz CT molecular complexity index is 455. The van der Waals surface area contributed by atoms with E-state index in [1.807, 2.05) is 0 Å². The van der Waals surface area contributed by atoms with Gasteiger partial charge in [0.15, 0.2) is 11.5 Å². The van der Waals surface area contributed by atoms with E-state index in [2.05, 4.69) is 6.92 Å². The van der Waals surface area contributed by atoms with Gasteiger partial charge in [-0.05, 0) is 30.5 Å². The van der Waals surface area contributed by atoms with E-state index < -0.39 is 11.8 Å². The number of carboxylic acid groups (broad SMARTS) is 1. The van der Waals surface area contributed by atoms with Crippen LogP contribution in [-0.2, 0) is 15.9 Å². The van der Waals surface area contributed by atoms with Crippen LogP contribution in [-0.4, -0.2) is 37.0 Å². The molecule has 0 aromatic heterocycles. The van der Waals surface area contributed by atoms with Crippen LogP contribution in [0.5, 0.6) is 11.5 Å². The smallest absolute Gasteiger partial charge is 0.301 e. The second-order valence-corrected chi connectivity index (χ2v) is 4.78. The third kappa shape index (κ3) is 6.05. The maximum atomic E-state index is 11.1. The molecule has 1 atom stereocenters. The summed E-state index contributed by atoms with van der Waals surface area (Å²) in [5.74, 6) is -1.21. The first-order chi connectivity index (χ1) is 10.1. The lowest BCUT2D eigenvalue weighted by molar-refractivity contribution is -0.137. The Morgan fingerprint density at radius 3 is 2.81 bits per heavy atom. The minimum absolute atomic E-state index is 0.0146. The monoisotopic (exact) mass is 295 g/mol. The average Bonchev–Trinajstić information content (AvgIpc) is 2.45. The van der Waals surface area contributed by atoms with E-state index in [0.717, 1.165) is 12.8 Å². The molecule has 0 aliphatic rings. The van der Waals surface area contributed by atoms with Crippen molar-refractivity contribution in [3.8, 4) is 11.5 Å². The number of phenolic OH excluding ortho intramolecular Hbond substituents is 1. The van der Waals surface area contributed by atoms with Crippen molar-refractivity contribution in [1.82, 2.24) is 0 Å². The number of hydrogen-bond acceptors (Lipinski definition) is 5. The number of hydrogen-bond donors (Lipinski definition) is 3. The fraction of sp³-hybridized carbons (Fsp3) is 0.500. The predicted molar refractivity (Wildman–Crippen MR) is 80.9 cm³/mol. The Balaban J connectivity index is 2.66. The largest absolute Gasteiger partial charge is 0.504 e. The van der Waals surface area contributed by atoms with Gasteiger partial charge < -0.3 is 25.3 Å². The fourth-order valence-corrected chi connectivity index (χ4v) is 1.85. The van der Waals surface area contributed by atoms with E-state index in [0.29, 0.717) is 17.9 Å². The van der Waals surface area contributed by atoms with Crippen LogP contribution in [0.15, 0.2) is 18.2 Å². The zero-order valence-corrected chi connectivity index (χ0v) is 12.2. The standard InChI is InChI=1S/C14H22BNO5/c1-2-3-6-20-13-5-4-10(8-12(13)17)7-11(14(18)19)15-21-9-16/h4-5,8,11,15,17H,2-3,6-7,9,16H2,1H3,(H,18,19)/t11-/m0/s1. The molecular formula is C14H22BNO5. The fourth-order valence-electron chi connectivity index (χ4n) is 1.85. The number of rotatable bonds is 10. The van der Waals surface area contributed by atoms with Gasteiger partial charge in [0.2, 0.25) is 0 Å². The highest BCUT2D eigenvalue weighted by Gasteiger charge is 2.20. The third-order valence-corrected chi connectivity index (χ3v) is 3.05. The number of nitrogens with two attached hydrogens (primary N) is 1. The molecule has 0 saturated heterocycles. The van der Waals surface area contributed by atoms with Gasteiger partial charge in [0.25, 0.3) is 7.48 Å². The summed E-state index contributed by atoms with van der Waals surface area (Å²) in [6.07, 6.45) is 2.19. The Morgan fingerprint density at radius 1 is 1.48 bits per heavy atom. The number of benzene rings is 1. The number of carboxylic acids is 1. The highest BCUT2D eigenvalue weighted by Crippen LogP contribution is 2.28. The molecule has 0 spiro atoms. The molecule has 0 fully saturated rings. The molecule has 1 aromatic carbocycles. The van der Waals surface area contributed by atoms with Crippen molar-refractivity contribution in [3.05, 3.63) is 23.8 Å². The van der Waals surface area contributed by atoms with Crippen molar-refractivity contribution in [2.75, 3.05) is 13.3 Å². The first kappa shape index (κ1) is 17.3. The van der Waals surface area contributed by atoms with E-state index in [-0.39, 0.29) is 26.4 Å². The molecular weight excluding hydrogens is 273 g/mol. The molecule has 1 aromatic rings. The van der Waals surface area contributed by atoms with Gasteiger partial charge in [-0.15, -0.1) is 0 Å². The lowest BCUT2D eigenvalue weighted by Crippen LogP contribution is -2.21. The lowest BCUT2D eigenvalue weighted by Gasteiger charge is -2.12. The van der Waals surface area contributed by atoms with E-state index in [1.54, 1.807) is 12.1 Å². The van der Waals surface area contributed by atoms with Crippen LogP contribution in [0.2, 0.25) is 5.82 Å². The zero-order valence-electron chi connectivity index (χ0n) is 12.2. The molecule has 1 rings (SSSR count). The maximum absolute atomic E-state index is 11.1. The van der Waals surface area contributed by atoms with Gasteiger partial charge in [0.1, 0.15) is 0 Å². The molecule has 0 aliphatic carbocycles. The lowest BCUT2D eigenvalue weighted by atomic mass is 9.76. The number of ether oxygens (including phenoxy) is 1. The summed E-state index contributed by atoms with van der Waals surface area (Å²) in [7, 11) is 0.0430. The molecule has 0 saturated carbocycles. The SMILES string of the molecule is CCCCOc1ccc(C[C@H](BOCN)C(=O)O)cc1O. The van der Waals surface area contributed by atoms with Gasteiger partial charge in [-0.2, -0.15) is 0 Å². The molecule has 0 radical (unpaired) electrons. The molecule has 7 heteroatoms. The average molecular weight is 295 g/mol. The van der Waals surface area contributed by atoms with Crippen molar-refractivity contribution in [3.63, 3.8) is 0 Å². The summed E-state index contributed by atoms with van der Waals surface area (Å²) in [5, 5.41) is 19.0. The van der Waals surface area contributed by atoms with Gasteiger partial charge in [-0.25, -0.2) is 0 Å². The van der Waals surface area contributed by atoms with Crippen molar-refractivity contribution >= 4 is 13.5 Å². The summed E-state index contributed by atoms with van der Waals surface area (Å²) in [5.41, 5.74) is 5.91. The minimum Gasteiger partial charge on any atom is -0.504 e. The molecule has 0 aliphatic heterocycles. The van der Waals surface area contributed by atoms with Crippen LogP contribution in [0.1, 0.15) is 25.3 Å². The minimum atomic E-state index is -0.953. The van der Waals surface area contributed by atoms with Crippen LogP contribution in [0.3, 0.4) is 0 Å². The second-order valence-electron chi connectivity index (χ2n) is 4.78. The molecule has 0 unspecified atom stereocenters. The molecule has 6 nitrogen and oxygen atoms in total. The number of aliphatic carboxylic acids is 1. The highest BCUT2D eigenvalue weighted by molar-refractivity contribution is 6.36. The summed E-state index contributed by atoms with van der Waals surface area (Å²) in [4.78, 5) is 11.1. The Labute approximate surface area is 125 Å². The Morgan fingerprint density at radius 2 is 2.24 bits per heavy atom. The van der Waals surface area contributed by atoms with Gasteiger partial charge in [-0.3, -0.25) is 4.79 Å². The number of phenols is 1. The number of aromatic hydroxyl groups is 1. The summed E-state index contributed by atoms with van der Waals surface area (Å²) >= 11 is 0. The first-order valence-corrected chi connectivity index (χ1v) is 7.03. The van der Waals surface area contributed by atoms with Gasteiger partial charge in [0.05, 0.1) is 19.2 Å². The normalized spacial score (nSPS) is 11.9. The van der Waals surface area contributed by atoms with Crippen molar-refractivity contribution in [1.29, 1.82) is 0 Å². The quantitative estimate of drug-likeness (QED) is 0.341. The van der Waals surface area contributed by atoms with E-state index in [9.17, 15) is 9.90 Å². The van der Waals surface area contributed by atoms with Crippen LogP contribution in [0.4, 0.5) is 0 Å². The first-order valence-electron chi connectivity index (χ1n) is 7.03. The van der Waals surface area contributed by atoms with Crippen LogP contribution >= 0.6 is 0 Å². The topological polar surface area (TPSA) is 102 Å². The molecule has 0 amide bonds. The molecule has 21 heavy (non-hydrogen) atoms. The molecule has 4 N–H and O–H groups in total. The van der Waals surface area contributed by atoms with Gasteiger partial charge in [-0.1, -0.05) is 19.4 Å². The molecule has 116 valence electrons. The van der Waals surface area contributed by atoms with Gasteiger partial charge >= 0.3 is 5.97 Å². The van der Waals surface area contributed by atoms with E-state index >= 15 is 0 Å². The summed E-state index contributed by atoms with van der Waals surface area (Å²) in [6, 6.07) is 4.93. The van der Waals surface area contributed by atoms with Crippen molar-refractivity contribution in [2.45, 2.75) is 32.0 Å².